The standard InChI is InChI=1S/C22H38O2.C2H6/c1-6-9-19(13-18-10-8-11-23-15-18)20-12-17(3)21(14-20)16-24-22(4,5)7-2;1-2/h9,13,17,20-21H,6-8,10-12,14-16H2,1-5H3;1-2H3/b18-13-,19-9+;. The SMILES string of the molecule is CC.CC/C=C(\C=C1\CCCOC1)C1CC(C)C(COC(C)(C)CC)C1. The minimum atomic E-state index is 0.0152. The zero-order valence-corrected chi connectivity index (χ0v) is 18.6. The Morgan fingerprint density at radius 1 is 1.23 bits per heavy atom. The first kappa shape index (κ1) is 23.4. The molecule has 1 saturated carbocycles. The van der Waals surface area contributed by atoms with E-state index in [1.165, 1.54) is 31.3 Å². The number of ether oxygens (including phenoxy) is 2. The van der Waals surface area contributed by atoms with Gasteiger partial charge in [0.15, 0.2) is 0 Å². The summed E-state index contributed by atoms with van der Waals surface area (Å²) in [4.78, 5) is 0. The van der Waals surface area contributed by atoms with Crippen LogP contribution in [0.2, 0.25) is 0 Å². The largest absolute Gasteiger partial charge is 0.377 e. The molecule has 3 unspecified atom stereocenters. The molecule has 26 heavy (non-hydrogen) atoms. The van der Waals surface area contributed by atoms with Gasteiger partial charge in [-0.1, -0.05) is 46.8 Å². The fraction of sp³-hybridized carbons (Fsp3) is 0.833. The topological polar surface area (TPSA) is 18.5 Å². The van der Waals surface area contributed by atoms with E-state index in [0.717, 1.165) is 38.6 Å². The second-order valence-corrected chi connectivity index (χ2v) is 8.40. The van der Waals surface area contributed by atoms with Crippen molar-refractivity contribution in [1.82, 2.24) is 0 Å². The third-order valence-electron chi connectivity index (χ3n) is 5.94. The third kappa shape index (κ3) is 7.56. The van der Waals surface area contributed by atoms with E-state index in [2.05, 4.69) is 46.8 Å². The maximum atomic E-state index is 6.22. The molecule has 2 aliphatic rings. The van der Waals surface area contributed by atoms with Crippen molar-refractivity contribution in [2.45, 2.75) is 92.6 Å². The maximum absolute atomic E-state index is 6.22. The molecule has 0 spiro atoms. The van der Waals surface area contributed by atoms with Gasteiger partial charge in [0, 0.05) is 6.61 Å². The van der Waals surface area contributed by atoms with Crippen molar-refractivity contribution in [2.24, 2.45) is 17.8 Å². The fourth-order valence-electron chi connectivity index (χ4n) is 3.88. The van der Waals surface area contributed by atoms with Crippen LogP contribution < -0.4 is 0 Å². The Kier molecular flexibility index (Phi) is 10.8. The van der Waals surface area contributed by atoms with E-state index in [-0.39, 0.29) is 5.60 Å². The molecule has 0 radical (unpaired) electrons. The molecule has 2 fully saturated rings. The number of rotatable bonds is 7. The molecule has 1 aliphatic carbocycles. The second-order valence-electron chi connectivity index (χ2n) is 8.40. The smallest absolute Gasteiger partial charge is 0.0679 e. The molecule has 1 aliphatic heterocycles. The molecule has 0 amide bonds. The lowest BCUT2D eigenvalue weighted by Crippen LogP contribution is -2.27. The molecule has 0 aromatic heterocycles. The van der Waals surface area contributed by atoms with E-state index in [0.29, 0.717) is 11.8 Å². The van der Waals surface area contributed by atoms with Gasteiger partial charge in [0.2, 0.25) is 0 Å². The van der Waals surface area contributed by atoms with Gasteiger partial charge in [-0.3, -0.25) is 0 Å². The molecule has 2 nitrogen and oxygen atoms in total. The Labute approximate surface area is 163 Å². The van der Waals surface area contributed by atoms with Crippen LogP contribution in [0.15, 0.2) is 23.3 Å². The first-order chi connectivity index (χ1) is 12.4. The first-order valence-electron chi connectivity index (χ1n) is 11.1. The molecule has 0 aromatic rings. The Balaban J connectivity index is 0.00000163. The van der Waals surface area contributed by atoms with Gasteiger partial charge >= 0.3 is 0 Å². The van der Waals surface area contributed by atoms with E-state index >= 15 is 0 Å². The lowest BCUT2D eigenvalue weighted by atomic mass is 9.92. The van der Waals surface area contributed by atoms with Crippen LogP contribution in [-0.2, 0) is 9.47 Å². The zero-order chi connectivity index (χ0) is 19.6. The van der Waals surface area contributed by atoms with Crippen molar-refractivity contribution >= 4 is 0 Å². The average Bonchev–Trinajstić information content (AvgIpc) is 3.03. The predicted molar refractivity (Wildman–Crippen MR) is 114 cm³/mol. The molecule has 0 bridgehead atoms. The fourth-order valence-corrected chi connectivity index (χ4v) is 3.88. The van der Waals surface area contributed by atoms with E-state index in [4.69, 9.17) is 9.47 Å². The Morgan fingerprint density at radius 2 is 1.96 bits per heavy atom. The molecule has 1 heterocycles. The normalized spacial score (nSPS) is 28.8. The molecular weight excluding hydrogens is 320 g/mol. The molecule has 0 aromatic carbocycles. The summed E-state index contributed by atoms with van der Waals surface area (Å²) in [6.45, 7) is 18.0. The summed E-state index contributed by atoms with van der Waals surface area (Å²) in [6, 6.07) is 0. The van der Waals surface area contributed by atoms with Crippen LogP contribution in [0.3, 0.4) is 0 Å². The van der Waals surface area contributed by atoms with Crippen molar-refractivity contribution in [3.8, 4) is 0 Å². The van der Waals surface area contributed by atoms with Crippen molar-refractivity contribution < 1.29 is 9.47 Å². The molecule has 0 N–H and O–H groups in total. The molecule has 2 rings (SSSR count). The summed E-state index contributed by atoms with van der Waals surface area (Å²) in [6.07, 6.45) is 12.1. The molecule has 2 heteroatoms. The number of hydrogen-bond acceptors (Lipinski definition) is 2. The van der Waals surface area contributed by atoms with Crippen LogP contribution in [0.5, 0.6) is 0 Å². The van der Waals surface area contributed by atoms with E-state index in [9.17, 15) is 0 Å². The highest BCUT2D eigenvalue weighted by atomic mass is 16.5. The van der Waals surface area contributed by atoms with Gasteiger partial charge in [-0.05, 0) is 81.3 Å². The Bertz CT molecular complexity index is 439. The monoisotopic (exact) mass is 364 g/mol. The summed E-state index contributed by atoms with van der Waals surface area (Å²) < 4.78 is 11.9. The highest BCUT2D eigenvalue weighted by Crippen LogP contribution is 2.41. The van der Waals surface area contributed by atoms with Gasteiger partial charge in [-0.25, -0.2) is 0 Å². The van der Waals surface area contributed by atoms with Crippen molar-refractivity contribution in [3.05, 3.63) is 23.3 Å². The lowest BCUT2D eigenvalue weighted by Gasteiger charge is -2.27. The van der Waals surface area contributed by atoms with Crippen LogP contribution >= 0.6 is 0 Å². The quantitative estimate of drug-likeness (QED) is 0.486. The Morgan fingerprint density at radius 3 is 2.54 bits per heavy atom. The predicted octanol–water partition coefficient (Wildman–Crippen LogP) is 6.95. The van der Waals surface area contributed by atoms with E-state index < -0.39 is 0 Å². The van der Waals surface area contributed by atoms with Crippen molar-refractivity contribution in [3.63, 3.8) is 0 Å². The van der Waals surface area contributed by atoms with Crippen LogP contribution in [0.4, 0.5) is 0 Å². The maximum Gasteiger partial charge on any atom is 0.0679 e. The third-order valence-corrected chi connectivity index (χ3v) is 5.94. The highest BCUT2D eigenvalue weighted by Gasteiger charge is 2.34. The van der Waals surface area contributed by atoms with Crippen molar-refractivity contribution in [2.75, 3.05) is 19.8 Å². The van der Waals surface area contributed by atoms with Crippen LogP contribution in [0, 0.1) is 17.8 Å². The van der Waals surface area contributed by atoms with Crippen LogP contribution in [0.25, 0.3) is 0 Å². The van der Waals surface area contributed by atoms with E-state index in [1.807, 2.05) is 13.8 Å². The summed E-state index contributed by atoms with van der Waals surface area (Å²) in [5.74, 6) is 2.15. The van der Waals surface area contributed by atoms with Gasteiger partial charge in [-0.2, -0.15) is 0 Å². The van der Waals surface area contributed by atoms with Crippen LogP contribution in [0.1, 0.15) is 87.0 Å². The minimum absolute atomic E-state index is 0.0152. The first-order valence-corrected chi connectivity index (χ1v) is 11.1. The summed E-state index contributed by atoms with van der Waals surface area (Å²) in [5.41, 5.74) is 3.06. The summed E-state index contributed by atoms with van der Waals surface area (Å²) in [5, 5.41) is 0. The number of allylic oxidation sites excluding steroid dienone is 3. The van der Waals surface area contributed by atoms with E-state index in [1.54, 1.807) is 5.57 Å². The molecule has 3 atom stereocenters. The molecule has 1 saturated heterocycles. The van der Waals surface area contributed by atoms with Crippen molar-refractivity contribution in [1.29, 1.82) is 0 Å². The molecular formula is C24H44O2. The minimum Gasteiger partial charge on any atom is -0.377 e. The van der Waals surface area contributed by atoms with Gasteiger partial charge in [0.1, 0.15) is 0 Å². The van der Waals surface area contributed by atoms with Gasteiger partial charge < -0.3 is 9.47 Å². The summed E-state index contributed by atoms with van der Waals surface area (Å²) >= 11 is 0. The summed E-state index contributed by atoms with van der Waals surface area (Å²) in [7, 11) is 0. The van der Waals surface area contributed by atoms with Crippen LogP contribution in [-0.4, -0.2) is 25.4 Å². The second kappa shape index (κ2) is 12.0. The lowest BCUT2D eigenvalue weighted by molar-refractivity contribution is -0.0421. The van der Waals surface area contributed by atoms with Gasteiger partial charge in [0.25, 0.3) is 0 Å². The number of hydrogen-bond donors (Lipinski definition) is 0. The Hall–Kier alpha value is -0.600. The zero-order valence-electron chi connectivity index (χ0n) is 18.6. The average molecular weight is 365 g/mol. The molecule has 152 valence electrons. The van der Waals surface area contributed by atoms with Gasteiger partial charge in [0.05, 0.1) is 18.8 Å². The highest BCUT2D eigenvalue weighted by molar-refractivity contribution is 5.28. The van der Waals surface area contributed by atoms with Gasteiger partial charge in [-0.15, -0.1) is 0 Å².